The molecule has 0 saturated carbocycles. The number of benzene rings is 1. The van der Waals surface area contributed by atoms with Gasteiger partial charge in [-0.25, -0.2) is 9.36 Å². The fourth-order valence-corrected chi connectivity index (χ4v) is 1.73. The predicted octanol–water partition coefficient (Wildman–Crippen LogP) is 2.20. The van der Waals surface area contributed by atoms with Gasteiger partial charge in [0.1, 0.15) is 5.69 Å². The fourth-order valence-electron chi connectivity index (χ4n) is 1.51. The smallest absolute Gasteiger partial charge is 0.303 e. The molecule has 0 radical (unpaired) electrons. The molecule has 0 unspecified atom stereocenters. The molecule has 0 bridgehead atoms. The molecule has 0 spiro atoms. The summed E-state index contributed by atoms with van der Waals surface area (Å²) in [6.07, 6.45) is -4.79. The maximum Gasteiger partial charge on any atom is 0.431 e. The molecule has 1 aromatic carbocycles. The molecule has 0 aliphatic carbocycles. The van der Waals surface area contributed by atoms with Gasteiger partial charge in [-0.3, -0.25) is 4.79 Å². The van der Waals surface area contributed by atoms with Crippen molar-refractivity contribution in [1.82, 2.24) is 9.55 Å². The van der Waals surface area contributed by atoms with E-state index in [2.05, 4.69) is 0 Å². The number of hydrogen-bond donors (Lipinski definition) is 1. The van der Waals surface area contributed by atoms with Gasteiger partial charge in [0.05, 0.1) is 10.7 Å². The number of nitrogens with one attached hydrogen (secondary N) is 1. The van der Waals surface area contributed by atoms with Gasteiger partial charge >= 0.3 is 11.9 Å². The van der Waals surface area contributed by atoms with E-state index in [1.165, 1.54) is 18.2 Å². The average Bonchev–Trinajstić information content (AvgIpc) is 2.29. The molecule has 0 aliphatic rings. The molecule has 8 heteroatoms. The van der Waals surface area contributed by atoms with Crippen molar-refractivity contribution in [2.45, 2.75) is 6.18 Å². The topological polar surface area (TPSA) is 54.9 Å². The number of H-pyrrole nitrogens is 1. The van der Waals surface area contributed by atoms with E-state index in [1.54, 1.807) is 11.1 Å². The van der Waals surface area contributed by atoms with Gasteiger partial charge in [-0.05, 0) is 12.1 Å². The second-order valence-corrected chi connectivity index (χ2v) is 4.02. The minimum atomic E-state index is -4.79. The highest BCUT2D eigenvalue weighted by molar-refractivity contribution is 6.32. The number of hydrogen-bond acceptors (Lipinski definition) is 2. The van der Waals surface area contributed by atoms with Crippen LogP contribution in [-0.2, 0) is 6.18 Å². The van der Waals surface area contributed by atoms with Crippen LogP contribution in [0.3, 0.4) is 0 Å². The second-order valence-electron chi connectivity index (χ2n) is 3.61. The zero-order valence-corrected chi connectivity index (χ0v) is 9.92. The van der Waals surface area contributed by atoms with Gasteiger partial charge in [0.15, 0.2) is 0 Å². The van der Waals surface area contributed by atoms with Crippen LogP contribution in [0.5, 0.6) is 0 Å². The van der Waals surface area contributed by atoms with Gasteiger partial charge < -0.3 is 4.98 Å². The molecule has 1 N–H and O–H groups in total. The highest BCUT2D eigenvalue weighted by atomic mass is 35.5. The quantitative estimate of drug-likeness (QED) is 0.875. The Hall–Kier alpha value is -2.02. The maximum atomic E-state index is 12.4. The molecule has 0 aliphatic heterocycles. The van der Waals surface area contributed by atoms with Gasteiger partial charge in [0.2, 0.25) is 0 Å². The van der Waals surface area contributed by atoms with Crippen LogP contribution in [-0.4, -0.2) is 9.55 Å². The normalized spacial score (nSPS) is 11.6. The third-order valence-corrected chi connectivity index (χ3v) is 2.65. The summed E-state index contributed by atoms with van der Waals surface area (Å²) in [6, 6.07) is 6.15. The molecule has 0 fully saturated rings. The summed E-state index contributed by atoms with van der Waals surface area (Å²) in [5, 5.41) is 0.0786. The summed E-state index contributed by atoms with van der Waals surface area (Å²) in [6.45, 7) is 0. The molecule has 2 rings (SSSR count). The Balaban J connectivity index is 2.72. The van der Waals surface area contributed by atoms with Gasteiger partial charge in [-0.15, -0.1) is 0 Å². The van der Waals surface area contributed by atoms with E-state index < -0.39 is 23.1 Å². The van der Waals surface area contributed by atoms with E-state index in [-0.39, 0.29) is 10.7 Å². The largest absolute Gasteiger partial charge is 0.431 e. The van der Waals surface area contributed by atoms with Crippen LogP contribution >= 0.6 is 11.6 Å². The van der Waals surface area contributed by atoms with Crippen molar-refractivity contribution in [3.05, 3.63) is 61.9 Å². The van der Waals surface area contributed by atoms with E-state index in [0.29, 0.717) is 10.6 Å². The summed E-state index contributed by atoms with van der Waals surface area (Å²) in [7, 11) is 0. The summed E-state index contributed by atoms with van der Waals surface area (Å²) >= 11 is 5.80. The van der Waals surface area contributed by atoms with Gasteiger partial charge in [0, 0.05) is 6.07 Å². The minimum absolute atomic E-state index is 0.0177. The van der Waals surface area contributed by atoms with Crippen LogP contribution in [0, 0.1) is 0 Å². The molecule has 0 atom stereocenters. The zero-order valence-electron chi connectivity index (χ0n) is 9.16. The number of halogens is 4. The SMILES string of the molecule is O=c1cc(C(F)(F)F)[nH]c(=O)n1-c1ccccc1Cl. The van der Waals surface area contributed by atoms with Crippen molar-refractivity contribution >= 4 is 11.6 Å². The Morgan fingerprint density at radius 2 is 1.79 bits per heavy atom. The number of aromatic nitrogens is 2. The van der Waals surface area contributed by atoms with E-state index in [4.69, 9.17) is 11.6 Å². The van der Waals surface area contributed by atoms with Crippen LogP contribution in [0.4, 0.5) is 13.2 Å². The molecule has 1 aromatic heterocycles. The lowest BCUT2D eigenvalue weighted by Gasteiger charge is -2.09. The van der Waals surface area contributed by atoms with Crippen molar-refractivity contribution in [3.63, 3.8) is 0 Å². The lowest BCUT2D eigenvalue weighted by molar-refractivity contribution is -0.141. The van der Waals surface area contributed by atoms with Crippen LogP contribution in [0.15, 0.2) is 39.9 Å². The highest BCUT2D eigenvalue weighted by Gasteiger charge is 2.33. The van der Waals surface area contributed by atoms with E-state index in [1.807, 2.05) is 0 Å². The molecule has 100 valence electrons. The monoisotopic (exact) mass is 290 g/mol. The van der Waals surface area contributed by atoms with Crippen LogP contribution in [0.1, 0.15) is 5.69 Å². The van der Waals surface area contributed by atoms with Crippen molar-refractivity contribution in [1.29, 1.82) is 0 Å². The maximum absolute atomic E-state index is 12.4. The summed E-state index contributed by atoms with van der Waals surface area (Å²) in [4.78, 5) is 24.9. The lowest BCUT2D eigenvalue weighted by atomic mass is 10.3. The van der Waals surface area contributed by atoms with Crippen LogP contribution in [0.25, 0.3) is 5.69 Å². The molecule has 0 saturated heterocycles. The van der Waals surface area contributed by atoms with Crippen molar-refractivity contribution in [3.8, 4) is 5.69 Å². The predicted molar refractivity (Wildman–Crippen MR) is 62.7 cm³/mol. The first-order valence-electron chi connectivity index (χ1n) is 4.99. The van der Waals surface area contributed by atoms with Gasteiger partial charge in [0.25, 0.3) is 5.56 Å². The number of rotatable bonds is 1. The minimum Gasteiger partial charge on any atom is -0.303 e. The van der Waals surface area contributed by atoms with Gasteiger partial charge in [-0.2, -0.15) is 13.2 Å². The van der Waals surface area contributed by atoms with Gasteiger partial charge in [-0.1, -0.05) is 23.7 Å². The number of aromatic amines is 1. The fraction of sp³-hybridized carbons (Fsp3) is 0.0909. The number of para-hydroxylation sites is 1. The Morgan fingerprint density at radius 3 is 2.32 bits per heavy atom. The second kappa shape index (κ2) is 4.58. The van der Waals surface area contributed by atoms with E-state index in [0.717, 1.165) is 0 Å². The van der Waals surface area contributed by atoms with Crippen LogP contribution in [0.2, 0.25) is 5.02 Å². The number of nitrogens with zero attached hydrogens (tertiary/aromatic N) is 1. The zero-order chi connectivity index (χ0) is 14.2. The number of alkyl halides is 3. The molecule has 1 heterocycles. The first-order chi connectivity index (χ1) is 8.80. The third-order valence-electron chi connectivity index (χ3n) is 2.33. The van der Waals surface area contributed by atoms with Crippen molar-refractivity contribution in [2.75, 3.05) is 0 Å². The standard InChI is InChI=1S/C11H6ClF3N2O2/c12-6-3-1-2-4-7(6)17-9(18)5-8(11(13,14)15)16-10(17)19/h1-5H,(H,16,19). The first-order valence-corrected chi connectivity index (χ1v) is 5.37. The summed E-state index contributed by atoms with van der Waals surface area (Å²) in [5.41, 5.74) is -3.69. The Bertz CT molecular complexity index is 702. The molecule has 4 nitrogen and oxygen atoms in total. The lowest BCUT2D eigenvalue weighted by Crippen LogP contribution is -2.35. The van der Waals surface area contributed by atoms with Crippen molar-refractivity contribution in [2.24, 2.45) is 0 Å². The molecule has 0 amide bonds. The third kappa shape index (κ3) is 2.55. The molecular weight excluding hydrogens is 285 g/mol. The molecule has 19 heavy (non-hydrogen) atoms. The van der Waals surface area contributed by atoms with Crippen molar-refractivity contribution < 1.29 is 13.2 Å². The highest BCUT2D eigenvalue weighted by Crippen LogP contribution is 2.25. The molecule has 2 aromatic rings. The average molecular weight is 291 g/mol. The van der Waals surface area contributed by atoms with Crippen LogP contribution < -0.4 is 11.2 Å². The van der Waals surface area contributed by atoms with E-state index >= 15 is 0 Å². The first kappa shape index (κ1) is 13.4. The van der Waals surface area contributed by atoms with E-state index in [9.17, 15) is 22.8 Å². The molecular formula is C11H6ClF3N2O2. The Morgan fingerprint density at radius 1 is 1.16 bits per heavy atom. The Labute approximate surface area is 109 Å². The summed E-state index contributed by atoms with van der Waals surface area (Å²) < 4.78 is 37.8. The Kier molecular flexibility index (Phi) is 3.23. The summed E-state index contributed by atoms with van der Waals surface area (Å²) in [5.74, 6) is 0.